The summed E-state index contributed by atoms with van der Waals surface area (Å²) >= 11 is 0. The molecule has 0 saturated carbocycles. The van der Waals surface area contributed by atoms with Crippen molar-refractivity contribution in [1.29, 1.82) is 5.26 Å². The van der Waals surface area contributed by atoms with Crippen molar-refractivity contribution in [1.82, 2.24) is 9.55 Å². The molecule has 10 nitrogen and oxygen atoms in total. The van der Waals surface area contributed by atoms with Crippen molar-refractivity contribution in [2.24, 2.45) is 0 Å². The van der Waals surface area contributed by atoms with Gasteiger partial charge in [-0.15, -0.1) is 0 Å². The average Bonchev–Trinajstić information content (AvgIpc) is 2.70. The smallest absolute Gasteiger partial charge is 0.331 e. The van der Waals surface area contributed by atoms with E-state index >= 15 is 0 Å². The Morgan fingerprint density at radius 3 is 2.82 bits per heavy atom. The maximum Gasteiger partial charge on any atom is 0.331 e. The Balaban J connectivity index is 2.42. The first-order valence-corrected chi connectivity index (χ1v) is 6.23. The van der Waals surface area contributed by atoms with E-state index in [1.807, 2.05) is 4.98 Å². The Kier molecular flexibility index (Phi) is 4.14. The van der Waals surface area contributed by atoms with Crippen molar-refractivity contribution in [3.05, 3.63) is 33.1 Å². The number of H-pyrrole nitrogens is 1. The largest absolute Gasteiger partial charge is 0.463 e. The maximum atomic E-state index is 11.8. The van der Waals surface area contributed by atoms with Crippen LogP contribution >= 0.6 is 0 Å². The van der Waals surface area contributed by atoms with Gasteiger partial charge in [-0.1, -0.05) is 0 Å². The number of aromatic amines is 1. The van der Waals surface area contributed by atoms with Gasteiger partial charge in [0, 0.05) is 19.2 Å². The number of esters is 1. The van der Waals surface area contributed by atoms with E-state index < -0.39 is 47.9 Å². The average molecular weight is 311 g/mol. The number of nitrogens with zero attached hydrogens (tertiary/aromatic N) is 2. The van der Waals surface area contributed by atoms with Gasteiger partial charge in [-0.25, -0.2) is 4.79 Å². The zero-order valence-corrected chi connectivity index (χ0v) is 11.4. The second kappa shape index (κ2) is 5.72. The summed E-state index contributed by atoms with van der Waals surface area (Å²) in [6, 6.07) is 2.58. The standard InChI is InChI=1S/C12H13N3O7/c1-6(16)21-4-7-9(18)10(19)12(5-13,22-7)15-3-2-8(17)14-11(15)20/h2-3,7,9-10,18-19H,4H2,1H3,(H,14,17,20)/t7-,9?,10?,12-/m1/s1. The van der Waals surface area contributed by atoms with Crippen LogP contribution in [0.5, 0.6) is 0 Å². The number of ether oxygens (including phenoxy) is 2. The number of hydrogen-bond acceptors (Lipinski definition) is 8. The lowest BCUT2D eigenvalue weighted by Gasteiger charge is -2.26. The van der Waals surface area contributed by atoms with Gasteiger partial charge in [0.15, 0.2) is 0 Å². The van der Waals surface area contributed by atoms with Crippen molar-refractivity contribution in [3.63, 3.8) is 0 Å². The molecule has 2 rings (SSSR count). The van der Waals surface area contributed by atoms with Crippen LogP contribution in [0.1, 0.15) is 6.92 Å². The van der Waals surface area contributed by atoms with Crippen molar-refractivity contribution >= 4 is 5.97 Å². The number of aliphatic hydroxyl groups is 2. The van der Waals surface area contributed by atoms with E-state index in [0.717, 1.165) is 19.2 Å². The third kappa shape index (κ3) is 2.52. The highest BCUT2D eigenvalue weighted by molar-refractivity contribution is 5.65. The fourth-order valence-corrected chi connectivity index (χ4v) is 2.16. The molecule has 1 fully saturated rings. The van der Waals surface area contributed by atoms with Crippen LogP contribution in [0.25, 0.3) is 0 Å². The van der Waals surface area contributed by atoms with Gasteiger partial charge in [0.05, 0.1) is 0 Å². The molecule has 1 saturated heterocycles. The van der Waals surface area contributed by atoms with Crippen molar-refractivity contribution < 1.29 is 24.5 Å². The number of aliphatic hydroxyl groups excluding tert-OH is 2. The second-order valence-electron chi connectivity index (χ2n) is 4.68. The van der Waals surface area contributed by atoms with Crippen LogP contribution in [0.2, 0.25) is 0 Å². The van der Waals surface area contributed by atoms with Crippen LogP contribution in [0.15, 0.2) is 21.9 Å². The van der Waals surface area contributed by atoms with E-state index in [-0.39, 0.29) is 0 Å². The summed E-state index contributed by atoms with van der Waals surface area (Å²) < 4.78 is 10.6. The number of nitrogens with one attached hydrogen (secondary N) is 1. The van der Waals surface area contributed by atoms with Crippen LogP contribution in [0, 0.1) is 11.3 Å². The summed E-state index contributed by atoms with van der Waals surface area (Å²) in [6.07, 6.45) is -3.61. The lowest BCUT2D eigenvalue weighted by molar-refractivity contribution is -0.151. The highest BCUT2D eigenvalue weighted by Gasteiger charge is 2.57. The summed E-state index contributed by atoms with van der Waals surface area (Å²) in [5.41, 5.74) is -3.93. The van der Waals surface area contributed by atoms with Gasteiger partial charge >= 0.3 is 11.7 Å². The van der Waals surface area contributed by atoms with Gasteiger partial charge in [0.2, 0.25) is 0 Å². The Hall–Kier alpha value is -2.48. The first-order valence-electron chi connectivity index (χ1n) is 6.23. The summed E-state index contributed by atoms with van der Waals surface area (Å²) in [4.78, 5) is 35.6. The molecule has 1 aliphatic rings. The molecule has 22 heavy (non-hydrogen) atoms. The number of hydrogen-bond donors (Lipinski definition) is 3. The highest BCUT2D eigenvalue weighted by atomic mass is 16.6. The molecule has 0 radical (unpaired) electrons. The Bertz CT molecular complexity index is 733. The third-order valence-corrected chi connectivity index (χ3v) is 3.23. The fourth-order valence-electron chi connectivity index (χ4n) is 2.16. The van der Waals surface area contributed by atoms with Gasteiger partial charge in [-0.2, -0.15) is 5.26 Å². The maximum absolute atomic E-state index is 11.8. The second-order valence-corrected chi connectivity index (χ2v) is 4.68. The van der Waals surface area contributed by atoms with Crippen LogP contribution in [0.4, 0.5) is 0 Å². The molecule has 3 N–H and O–H groups in total. The lowest BCUT2D eigenvalue weighted by atomic mass is 10.0. The molecule has 2 heterocycles. The van der Waals surface area contributed by atoms with Crippen LogP contribution in [0.3, 0.4) is 0 Å². The molecule has 0 bridgehead atoms. The molecule has 1 aromatic rings. The minimum Gasteiger partial charge on any atom is -0.463 e. The summed E-state index contributed by atoms with van der Waals surface area (Å²) in [5, 5.41) is 29.4. The van der Waals surface area contributed by atoms with E-state index in [2.05, 4.69) is 4.74 Å². The first kappa shape index (κ1) is 15.9. The number of carbonyl (C=O) groups excluding carboxylic acids is 1. The minimum absolute atomic E-state index is 0.408. The minimum atomic E-state index is -2.24. The molecule has 4 atom stereocenters. The normalized spacial score (nSPS) is 30.7. The Labute approximate surface area is 123 Å². The first-order chi connectivity index (χ1) is 10.3. The molecule has 0 aliphatic carbocycles. The predicted molar refractivity (Wildman–Crippen MR) is 68.4 cm³/mol. The highest BCUT2D eigenvalue weighted by Crippen LogP contribution is 2.34. The van der Waals surface area contributed by atoms with Gasteiger partial charge in [0.1, 0.15) is 31.0 Å². The molecule has 1 aromatic heterocycles. The van der Waals surface area contributed by atoms with Crippen LogP contribution < -0.4 is 11.2 Å². The van der Waals surface area contributed by atoms with E-state index in [1.165, 1.54) is 0 Å². The molecule has 10 heteroatoms. The van der Waals surface area contributed by atoms with Crippen molar-refractivity contribution in [3.8, 4) is 6.07 Å². The monoisotopic (exact) mass is 311 g/mol. The third-order valence-electron chi connectivity index (χ3n) is 3.23. The molecule has 2 unspecified atom stereocenters. The van der Waals surface area contributed by atoms with Gasteiger partial charge in [0.25, 0.3) is 11.3 Å². The van der Waals surface area contributed by atoms with Crippen molar-refractivity contribution in [2.75, 3.05) is 6.61 Å². The predicted octanol–water partition coefficient (Wildman–Crippen LogP) is -2.60. The quantitative estimate of drug-likeness (QED) is 0.513. The fraction of sp³-hybridized carbons (Fsp3) is 0.500. The molecule has 118 valence electrons. The van der Waals surface area contributed by atoms with E-state index in [1.54, 1.807) is 6.07 Å². The van der Waals surface area contributed by atoms with Crippen LogP contribution in [-0.2, 0) is 20.0 Å². The van der Waals surface area contributed by atoms with E-state index in [0.29, 0.717) is 4.57 Å². The Morgan fingerprint density at radius 1 is 1.59 bits per heavy atom. The van der Waals surface area contributed by atoms with E-state index in [4.69, 9.17) is 4.74 Å². The van der Waals surface area contributed by atoms with Crippen molar-refractivity contribution in [2.45, 2.75) is 31.0 Å². The van der Waals surface area contributed by atoms with Gasteiger partial charge in [-0.3, -0.25) is 19.1 Å². The molecular formula is C12H13N3O7. The van der Waals surface area contributed by atoms with Crippen LogP contribution in [-0.4, -0.2) is 50.7 Å². The molecular weight excluding hydrogens is 298 g/mol. The molecule has 0 aromatic carbocycles. The number of aromatic nitrogens is 2. The SMILES string of the molecule is CC(=O)OC[C@H]1O[C@@](C#N)(n2ccc(=O)[nH]c2=O)C(O)C1O. The number of nitriles is 1. The lowest BCUT2D eigenvalue weighted by Crippen LogP contribution is -2.50. The Morgan fingerprint density at radius 2 is 2.27 bits per heavy atom. The van der Waals surface area contributed by atoms with Gasteiger partial charge in [-0.05, 0) is 0 Å². The van der Waals surface area contributed by atoms with E-state index in [9.17, 15) is 29.9 Å². The molecule has 0 spiro atoms. The molecule has 1 aliphatic heterocycles. The topological polar surface area (TPSA) is 155 Å². The van der Waals surface area contributed by atoms with Gasteiger partial charge < -0.3 is 19.7 Å². The molecule has 0 amide bonds. The summed E-state index contributed by atoms with van der Waals surface area (Å²) in [6.45, 7) is 0.733. The summed E-state index contributed by atoms with van der Waals surface area (Å²) in [5.74, 6) is -0.638. The number of rotatable bonds is 3. The number of carbonyl (C=O) groups is 1. The summed E-state index contributed by atoms with van der Waals surface area (Å²) in [7, 11) is 0. The zero-order chi connectivity index (χ0) is 16.5. The zero-order valence-electron chi connectivity index (χ0n) is 11.4.